The number of nitrogens with zero attached hydrogens (tertiary/aromatic N) is 1. The highest BCUT2D eigenvalue weighted by atomic mass is 16.3. The van der Waals surface area contributed by atoms with E-state index in [-0.39, 0.29) is 0 Å². The van der Waals surface area contributed by atoms with Crippen LogP contribution in [0.5, 0.6) is 0 Å². The molecule has 1 aromatic carbocycles. The Morgan fingerprint density at radius 2 is 2.00 bits per heavy atom. The molecule has 1 unspecified atom stereocenters. The van der Waals surface area contributed by atoms with E-state index >= 15 is 0 Å². The lowest BCUT2D eigenvalue weighted by atomic mass is 9.85. The Kier molecular flexibility index (Phi) is 3.97. The Morgan fingerprint density at radius 1 is 1.31 bits per heavy atom. The fraction of sp³-hybridized carbons (Fsp3) is 0.571. The Bertz CT molecular complexity index is 306. The monoisotopic (exact) mass is 219 g/mol. The third kappa shape index (κ3) is 2.83. The first-order valence-corrected chi connectivity index (χ1v) is 6.16. The van der Waals surface area contributed by atoms with E-state index in [2.05, 4.69) is 42.2 Å². The van der Waals surface area contributed by atoms with Gasteiger partial charge in [-0.25, -0.2) is 0 Å². The van der Waals surface area contributed by atoms with Crippen molar-refractivity contribution in [2.45, 2.75) is 19.9 Å². The molecule has 0 amide bonds. The Morgan fingerprint density at radius 3 is 2.62 bits per heavy atom. The van der Waals surface area contributed by atoms with Crippen LogP contribution < -0.4 is 0 Å². The lowest BCUT2D eigenvalue weighted by molar-refractivity contribution is 0.0470. The maximum Gasteiger partial charge on any atom is 0.0433 e. The van der Waals surface area contributed by atoms with Gasteiger partial charge in [0.25, 0.3) is 0 Å². The van der Waals surface area contributed by atoms with Crippen molar-refractivity contribution in [1.82, 2.24) is 4.90 Å². The summed E-state index contributed by atoms with van der Waals surface area (Å²) in [6.45, 7) is 6.03. The number of benzene rings is 1. The van der Waals surface area contributed by atoms with Gasteiger partial charge in [0.1, 0.15) is 0 Å². The van der Waals surface area contributed by atoms with Crippen molar-refractivity contribution in [3.05, 3.63) is 35.9 Å². The highest BCUT2D eigenvalue weighted by molar-refractivity contribution is 5.14. The summed E-state index contributed by atoms with van der Waals surface area (Å²) in [5, 5.41) is 8.89. The first-order chi connectivity index (χ1) is 7.79. The quantitative estimate of drug-likeness (QED) is 0.820. The molecule has 16 heavy (non-hydrogen) atoms. The summed E-state index contributed by atoms with van der Waals surface area (Å²) in [4.78, 5) is 2.48. The molecule has 1 atom stereocenters. The number of rotatable bonds is 5. The molecule has 2 rings (SSSR count). The average molecular weight is 219 g/mol. The molecule has 1 N–H and O–H groups in total. The van der Waals surface area contributed by atoms with Crippen molar-refractivity contribution in [2.75, 3.05) is 19.7 Å². The minimum Gasteiger partial charge on any atom is -0.396 e. The van der Waals surface area contributed by atoms with Crippen LogP contribution in [0.3, 0.4) is 0 Å². The van der Waals surface area contributed by atoms with Gasteiger partial charge in [-0.1, -0.05) is 37.3 Å². The van der Waals surface area contributed by atoms with Crippen molar-refractivity contribution in [3.8, 4) is 0 Å². The van der Waals surface area contributed by atoms with E-state index in [4.69, 9.17) is 5.11 Å². The van der Waals surface area contributed by atoms with Crippen molar-refractivity contribution < 1.29 is 5.11 Å². The molecule has 0 radical (unpaired) electrons. The maximum atomic E-state index is 8.89. The van der Waals surface area contributed by atoms with Crippen molar-refractivity contribution in [3.63, 3.8) is 0 Å². The van der Waals surface area contributed by atoms with Crippen LogP contribution in [0.4, 0.5) is 0 Å². The maximum absolute atomic E-state index is 8.89. The fourth-order valence-corrected chi connectivity index (χ4v) is 2.38. The minimum atomic E-state index is 0.330. The molecule has 1 heterocycles. The van der Waals surface area contributed by atoms with Gasteiger partial charge >= 0.3 is 0 Å². The summed E-state index contributed by atoms with van der Waals surface area (Å²) < 4.78 is 0. The standard InChI is InChI=1S/C14H21NO/c1-12(7-8-16)14-10-15(11-14)9-13-5-3-2-4-6-13/h2-6,12,14,16H,7-11H2,1H3. The van der Waals surface area contributed by atoms with Gasteiger partial charge in [0.15, 0.2) is 0 Å². The van der Waals surface area contributed by atoms with Gasteiger partial charge in [0.05, 0.1) is 0 Å². The van der Waals surface area contributed by atoms with Gasteiger partial charge in [-0.2, -0.15) is 0 Å². The first kappa shape index (κ1) is 11.6. The van der Waals surface area contributed by atoms with Gasteiger partial charge in [-0.3, -0.25) is 4.90 Å². The van der Waals surface area contributed by atoms with Crippen molar-refractivity contribution >= 4 is 0 Å². The number of aliphatic hydroxyl groups is 1. The fourth-order valence-electron chi connectivity index (χ4n) is 2.38. The second kappa shape index (κ2) is 5.46. The largest absolute Gasteiger partial charge is 0.396 e. The Hall–Kier alpha value is -0.860. The van der Waals surface area contributed by atoms with Gasteiger partial charge in [-0.05, 0) is 23.8 Å². The number of hydrogen-bond donors (Lipinski definition) is 1. The summed E-state index contributed by atoms with van der Waals surface area (Å²) in [5.74, 6) is 1.45. The number of aliphatic hydroxyl groups excluding tert-OH is 1. The third-order valence-corrected chi connectivity index (χ3v) is 3.62. The van der Waals surface area contributed by atoms with Crippen LogP contribution in [0, 0.1) is 11.8 Å². The highest BCUT2D eigenvalue weighted by Crippen LogP contribution is 2.27. The zero-order valence-electron chi connectivity index (χ0n) is 9.97. The molecule has 1 aliphatic heterocycles. The molecule has 1 saturated heterocycles. The first-order valence-electron chi connectivity index (χ1n) is 6.16. The lowest BCUT2D eigenvalue weighted by Gasteiger charge is -2.42. The van der Waals surface area contributed by atoms with E-state index < -0.39 is 0 Å². The predicted octanol–water partition coefficient (Wildman–Crippen LogP) is 2.14. The zero-order valence-corrected chi connectivity index (χ0v) is 9.97. The van der Waals surface area contributed by atoms with Crippen LogP contribution in [-0.2, 0) is 6.54 Å². The molecule has 0 aromatic heterocycles. The second-order valence-corrected chi connectivity index (χ2v) is 4.93. The van der Waals surface area contributed by atoms with E-state index in [9.17, 15) is 0 Å². The second-order valence-electron chi connectivity index (χ2n) is 4.93. The van der Waals surface area contributed by atoms with Crippen LogP contribution in [-0.4, -0.2) is 29.7 Å². The van der Waals surface area contributed by atoms with Gasteiger partial charge in [-0.15, -0.1) is 0 Å². The van der Waals surface area contributed by atoms with Crippen LogP contribution >= 0.6 is 0 Å². The minimum absolute atomic E-state index is 0.330. The molecule has 1 fully saturated rings. The molecule has 0 bridgehead atoms. The van der Waals surface area contributed by atoms with Gasteiger partial charge < -0.3 is 5.11 Å². The lowest BCUT2D eigenvalue weighted by Crippen LogP contribution is -2.48. The van der Waals surface area contributed by atoms with E-state index in [0.717, 1.165) is 18.9 Å². The highest BCUT2D eigenvalue weighted by Gasteiger charge is 2.30. The van der Waals surface area contributed by atoms with Crippen LogP contribution in [0.2, 0.25) is 0 Å². The molecular formula is C14H21NO. The van der Waals surface area contributed by atoms with Crippen LogP contribution in [0.25, 0.3) is 0 Å². The molecule has 2 nitrogen and oxygen atoms in total. The Balaban J connectivity index is 1.73. The van der Waals surface area contributed by atoms with Gasteiger partial charge in [0, 0.05) is 26.2 Å². The predicted molar refractivity (Wildman–Crippen MR) is 66.1 cm³/mol. The van der Waals surface area contributed by atoms with Crippen molar-refractivity contribution in [1.29, 1.82) is 0 Å². The third-order valence-electron chi connectivity index (χ3n) is 3.62. The number of likely N-dealkylation sites (tertiary alicyclic amines) is 1. The van der Waals surface area contributed by atoms with Gasteiger partial charge in [0.2, 0.25) is 0 Å². The smallest absolute Gasteiger partial charge is 0.0433 e. The normalized spacial score (nSPS) is 19.4. The summed E-state index contributed by atoms with van der Waals surface area (Å²) in [6.07, 6.45) is 0.948. The van der Waals surface area contributed by atoms with Crippen molar-refractivity contribution in [2.24, 2.45) is 11.8 Å². The summed E-state index contributed by atoms with van der Waals surface area (Å²) >= 11 is 0. The molecule has 2 heteroatoms. The molecule has 0 spiro atoms. The van der Waals surface area contributed by atoms with Crippen LogP contribution in [0.15, 0.2) is 30.3 Å². The topological polar surface area (TPSA) is 23.5 Å². The molecule has 88 valence electrons. The average Bonchev–Trinajstić information content (AvgIpc) is 2.24. The molecule has 0 saturated carbocycles. The molecular weight excluding hydrogens is 198 g/mol. The molecule has 1 aliphatic rings. The van der Waals surface area contributed by atoms with E-state index in [1.165, 1.54) is 18.7 Å². The van der Waals surface area contributed by atoms with E-state index in [1.54, 1.807) is 0 Å². The number of hydrogen-bond acceptors (Lipinski definition) is 2. The summed E-state index contributed by atoms with van der Waals surface area (Å²) in [5.41, 5.74) is 1.40. The summed E-state index contributed by atoms with van der Waals surface area (Å²) in [6, 6.07) is 10.6. The Labute approximate surface area is 97.9 Å². The van der Waals surface area contributed by atoms with E-state index in [0.29, 0.717) is 12.5 Å². The van der Waals surface area contributed by atoms with Crippen LogP contribution in [0.1, 0.15) is 18.9 Å². The zero-order chi connectivity index (χ0) is 11.4. The summed E-state index contributed by atoms with van der Waals surface area (Å²) in [7, 11) is 0. The molecule has 0 aliphatic carbocycles. The van der Waals surface area contributed by atoms with E-state index in [1.807, 2.05) is 0 Å². The SMILES string of the molecule is CC(CCO)C1CN(Cc2ccccc2)C1. The molecule has 1 aromatic rings.